The van der Waals surface area contributed by atoms with E-state index in [1.165, 1.54) is 6.33 Å². The van der Waals surface area contributed by atoms with Crippen molar-refractivity contribution < 1.29 is 18.7 Å². The Balaban J connectivity index is 1.54. The number of pyridine rings is 3. The van der Waals surface area contributed by atoms with E-state index in [4.69, 9.17) is 0 Å². The highest BCUT2D eigenvalue weighted by Crippen LogP contribution is 2.49. The summed E-state index contributed by atoms with van der Waals surface area (Å²) in [5.41, 5.74) is 4.21. The van der Waals surface area contributed by atoms with Gasteiger partial charge in [-0.15, -0.1) is 6.58 Å². The lowest BCUT2D eigenvalue weighted by Gasteiger charge is -2.13. The monoisotopic (exact) mass is 450 g/mol. The van der Waals surface area contributed by atoms with Crippen LogP contribution in [0, 0.1) is 12.8 Å². The molecule has 0 aromatic carbocycles. The number of fused-ring (bicyclic) bond motifs is 3. The maximum absolute atomic E-state index is 13.2. The standard InChI is InChI=1S/C23H20F2N6O2/c1-3-4-19(32)17-5-12(2)15(10-26-17)14-6-13-9-27-20(30-22(33)16-8-23(16,24)25)7-18(13)31-21(14)28-11-29-31/h3,5-7,9-11,16,19,32H,1,4,8H2,2H3,(H,27,30,33)/t16-,19?/m1/s1. The summed E-state index contributed by atoms with van der Waals surface area (Å²) in [6.07, 6.45) is 5.51. The highest BCUT2D eigenvalue weighted by Gasteiger charge is 2.61. The molecule has 4 aromatic heterocycles. The first-order valence-corrected chi connectivity index (χ1v) is 10.4. The lowest BCUT2D eigenvalue weighted by Crippen LogP contribution is -2.18. The minimum atomic E-state index is -2.95. The van der Waals surface area contributed by atoms with Gasteiger partial charge in [0.2, 0.25) is 5.91 Å². The first-order chi connectivity index (χ1) is 15.8. The predicted octanol–water partition coefficient (Wildman–Crippen LogP) is 3.85. The molecule has 168 valence electrons. The molecular weight excluding hydrogens is 430 g/mol. The lowest BCUT2D eigenvalue weighted by molar-refractivity contribution is -0.119. The quantitative estimate of drug-likeness (QED) is 0.433. The number of anilines is 1. The van der Waals surface area contributed by atoms with Crippen LogP contribution in [0.3, 0.4) is 0 Å². The van der Waals surface area contributed by atoms with Gasteiger partial charge in [-0.2, -0.15) is 5.10 Å². The van der Waals surface area contributed by atoms with E-state index in [0.717, 1.165) is 16.7 Å². The number of carbonyl (C=O) groups excluding carboxylic acids is 1. The van der Waals surface area contributed by atoms with Gasteiger partial charge >= 0.3 is 0 Å². The Morgan fingerprint density at radius 2 is 2.09 bits per heavy atom. The minimum Gasteiger partial charge on any atom is -0.386 e. The van der Waals surface area contributed by atoms with Gasteiger partial charge in [0, 0.05) is 41.4 Å². The second-order valence-corrected chi connectivity index (χ2v) is 8.15. The number of hydrogen-bond donors (Lipinski definition) is 2. The fourth-order valence-corrected chi connectivity index (χ4v) is 3.87. The molecule has 0 bridgehead atoms. The van der Waals surface area contributed by atoms with Crippen LogP contribution in [0.5, 0.6) is 0 Å². The van der Waals surface area contributed by atoms with Crippen LogP contribution in [0.25, 0.3) is 27.7 Å². The molecule has 4 heterocycles. The molecule has 0 radical (unpaired) electrons. The van der Waals surface area contributed by atoms with Gasteiger partial charge in [0.15, 0.2) is 5.65 Å². The lowest BCUT2D eigenvalue weighted by atomic mass is 10.0. The second-order valence-electron chi connectivity index (χ2n) is 8.15. The third kappa shape index (κ3) is 3.72. The van der Waals surface area contributed by atoms with E-state index < -0.39 is 30.3 Å². The van der Waals surface area contributed by atoms with Crippen molar-refractivity contribution in [1.82, 2.24) is 24.6 Å². The second kappa shape index (κ2) is 7.66. The van der Waals surface area contributed by atoms with Crippen molar-refractivity contribution in [2.24, 2.45) is 5.92 Å². The van der Waals surface area contributed by atoms with Gasteiger partial charge in [0.25, 0.3) is 5.92 Å². The topological polar surface area (TPSA) is 105 Å². The van der Waals surface area contributed by atoms with Crippen LogP contribution in [-0.4, -0.2) is 41.5 Å². The number of alkyl halides is 2. The number of halogens is 2. The molecular formula is C23H20F2N6O2. The van der Waals surface area contributed by atoms with Crippen molar-refractivity contribution in [1.29, 1.82) is 0 Å². The molecule has 8 nitrogen and oxygen atoms in total. The third-order valence-corrected chi connectivity index (χ3v) is 5.78. The number of aliphatic hydroxyl groups is 1. The average molecular weight is 450 g/mol. The SMILES string of the molecule is C=CCC(O)c1cc(C)c(-c2cc3cnc(NC(=O)[C@H]4CC4(F)F)cc3n3ncnc23)cn1. The van der Waals surface area contributed by atoms with Gasteiger partial charge in [0.1, 0.15) is 18.1 Å². The van der Waals surface area contributed by atoms with Crippen molar-refractivity contribution in [3.05, 3.63) is 60.8 Å². The van der Waals surface area contributed by atoms with Gasteiger partial charge in [-0.3, -0.25) is 9.78 Å². The first-order valence-electron chi connectivity index (χ1n) is 10.4. The van der Waals surface area contributed by atoms with Crippen molar-refractivity contribution >= 4 is 28.3 Å². The van der Waals surface area contributed by atoms with Gasteiger partial charge in [-0.05, 0) is 31.0 Å². The zero-order valence-electron chi connectivity index (χ0n) is 17.7. The minimum absolute atomic E-state index is 0.165. The van der Waals surface area contributed by atoms with E-state index in [-0.39, 0.29) is 5.82 Å². The molecule has 1 aliphatic carbocycles. The fraction of sp³-hybridized carbons (Fsp3) is 0.261. The van der Waals surface area contributed by atoms with Crippen LogP contribution in [0.1, 0.15) is 30.2 Å². The van der Waals surface area contributed by atoms with E-state index >= 15 is 0 Å². The summed E-state index contributed by atoms with van der Waals surface area (Å²) >= 11 is 0. The number of aromatic nitrogens is 5. The molecule has 1 amide bonds. The first kappa shape index (κ1) is 21.1. The molecule has 5 rings (SSSR count). The summed E-state index contributed by atoms with van der Waals surface area (Å²) in [4.78, 5) is 25.0. The summed E-state index contributed by atoms with van der Waals surface area (Å²) < 4.78 is 28.0. The van der Waals surface area contributed by atoms with E-state index in [1.807, 2.05) is 19.1 Å². The molecule has 2 N–H and O–H groups in total. The van der Waals surface area contributed by atoms with Gasteiger partial charge in [-0.25, -0.2) is 23.3 Å². The summed E-state index contributed by atoms with van der Waals surface area (Å²) in [5, 5.41) is 17.7. The van der Waals surface area contributed by atoms with Crippen molar-refractivity contribution in [2.45, 2.75) is 31.8 Å². The van der Waals surface area contributed by atoms with Gasteiger partial charge in [-0.1, -0.05) is 6.08 Å². The molecule has 33 heavy (non-hydrogen) atoms. The van der Waals surface area contributed by atoms with Crippen LogP contribution in [0.2, 0.25) is 0 Å². The molecule has 1 aliphatic rings. The van der Waals surface area contributed by atoms with Crippen molar-refractivity contribution in [3.63, 3.8) is 0 Å². The van der Waals surface area contributed by atoms with Crippen LogP contribution in [0.15, 0.2) is 49.6 Å². The van der Waals surface area contributed by atoms with Crippen LogP contribution in [-0.2, 0) is 4.79 Å². The number of aryl methyl sites for hydroxylation is 1. The van der Waals surface area contributed by atoms with Crippen LogP contribution in [0.4, 0.5) is 14.6 Å². The molecule has 10 heteroatoms. The zero-order chi connectivity index (χ0) is 23.3. The predicted molar refractivity (Wildman–Crippen MR) is 118 cm³/mol. The van der Waals surface area contributed by atoms with E-state index in [1.54, 1.807) is 29.1 Å². The highest BCUT2D eigenvalue weighted by molar-refractivity contribution is 5.97. The Hall–Kier alpha value is -3.79. The molecule has 1 unspecified atom stereocenters. The van der Waals surface area contributed by atoms with Crippen molar-refractivity contribution in [2.75, 3.05) is 5.32 Å². The molecule has 0 spiro atoms. The number of amides is 1. The Morgan fingerprint density at radius 1 is 1.30 bits per heavy atom. The summed E-state index contributed by atoms with van der Waals surface area (Å²) in [6.45, 7) is 5.56. The molecule has 4 aromatic rings. The summed E-state index contributed by atoms with van der Waals surface area (Å²) in [6, 6.07) is 5.29. The molecule has 2 atom stereocenters. The largest absolute Gasteiger partial charge is 0.386 e. The number of nitrogens with one attached hydrogen (secondary N) is 1. The Bertz CT molecular complexity index is 1420. The molecule has 1 fully saturated rings. The number of rotatable bonds is 6. The van der Waals surface area contributed by atoms with E-state index in [2.05, 4.69) is 31.9 Å². The number of nitrogens with zero attached hydrogens (tertiary/aromatic N) is 5. The highest BCUT2D eigenvalue weighted by atomic mass is 19.3. The van der Waals surface area contributed by atoms with Crippen LogP contribution < -0.4 is 5.32 Å². The number of hydrogen-bond acceptors (Lipinski definition) is 6. The number of aliphatic hydroxyl groups excluding tert-OH is 1. The van der Waals surface area contributed by atoms with Crippen molar-refractivity contribution in [3.8, 4) is 11.1 Å². The normalized spacial score (nSPS) is 17.8. The maximum atomic E-state index is 13.2. The number of carbonyl (C=O) groups is 1. The Labute approximate surface area is 187 Å². The average Bonchev–Trinajstić information content (AvgIpc) is 3.18. The molecule has 1 saturated carbocycles. The summed E-state index contributed by atoms with van der Waals surface area (Å²) in [5.74, 6) is -4.85. The van der Waals surface area contributed by atoms with E-state index in [0.29, 0.717) is 28.7 Å². The maximum Gasteiger partial charge on any atom is 0.260 e. The fourth-order valence-electron chi connectivity index (χ4n) is 3.87. The summed E-state index contributed by atoms with van der Waals surface area (Å²) in [7, 11) is 0. The molecule has 0 aliphatic heterocycles. The third-order valence-electron chi connectivity index (χ3n) is 5.78. The zero-order valence-corrected chi connectivity index (χ0v) is 17.7. The van der Waals surface area contributed by atoms with Gasteiger partial charge in [0.05, 0.1) is 17.3 Å². The smallest absolute Gasteiger partial charge is 0.260 e. The molecule has 0 saturated heterocycles. The van der Waals surface area contributed by atoms with E-state index in [9.17, 15) is 18.7 Å². The van der Waals surface area contributed by atoms with Gasteiger partial charge < -0.3 is 10.4 Å². The Kier molecular flexibility index (Phi) is 4.89. The van der Waals surface area contributed by atoms with Crippen LogP contribution >= 0.6 is 0 Å². The Morgan fingerprint density at radius 3 is 2.79 bits per heavy atom.